The van der Waals surface area contributed by atoms with Crippen LogP contribution >= 0.6 is 0 Å². The molecule has 21 heavy (non-hydrogen) atoms. The van der Waals surface area contributed by atoms with Gasteiger partial charge in [-0.25, -0.2) is 0 Å². The maximum Gasteiger partial charge on any atom is 0.240 e. The van der Waals surface area contributed by atoms with Crippen molar-refractivity contribution in [3.8, 4) is 0 Å². The van der Waals surface area contributed by atoms with Crippen molar-refractivity contribution in [2.75, 3.05) is 39.8 Å². The summed E-state index contributed by atoms with van der Waals surface area (Å²) in [5.41, 5.74) is 0. The van der Waals surface area contributed by atoms with Crippen molar-refractivity contribution in [2.24, 2.45) is 0 Å². The second-order valence-corrected chi connectivity index (χ2v) is 6.66. The van der Waals surface area contributed by atoms with Crippen molar-refractivity contribution < 1.29 is 4.79 Å². The molecule has 2 heterocycles. The molecule has 122 valence electrons. The van der Waals surface area contributed by atoms with Gasteiger partial charge in [-0.2, -0.15) is 0 Å². The van der Waals surface area contributed by atoms with Crippen LogP contribution < -0.4 is 0 Å². The van der Waals surface area contributed by atoms with Crippen molar-refractivity contribution in [2.45, 2.75) is 64.5 Å². The van der Waals surface area contributed by atoms with Gasteiger partial charge in [0.05, 0.1) is 6.04 Å². The molecule has 0 unspecified atom stereocenters. The normalized spacial score (nSPS) is 28.1. The van der Waals surface area contributed by atoms with Crippen molar-refractivity contribution >= 4 is 5.91 Å². The highest BCUT2D eigenvalue weighted by molar-refractivity contribution is 5.82. The van der Waals surface area contributed by atoms with Crippen molar-refractivity contribution in [3.63, 3.8) is 0 Å². The van der Waals surface area contributed by atoms with E-state index in [-0.39, 0.29) is 6.04 Å². The number of likely N-dealkylation sites (N-methyl/N-ethyl adjacent to an activating group) is 2. The number of rotatable bonds is 5. The van der Waals surface area contributed by atoms with E-state index < -0.39 is 0 Å². The van der Waals surface area contributed by atoms with Gasteiger partial charge in [0.25, 0.3) is 0 Å². The van der Waals surface area contributed by atoms with Crippen LogP contribution in [-0.4, -0.2) is 72.5 Å². The number of carbonyl (C=O) groups excluding carboxylic acids is 1. The summed E-state index contributed by atoms with van der Waals surface area (Å²) in [4.78, 5) is 19.9. The molecule has 2 aliphatic heterocycles. The van der Waals surface area contributed by atoms with Crippen LogP contribution in [0.25, 0.3) is 0 Å². The average Bonchev–Trinajstić information content (AvgIpc) is 2.85. The van der Waals surface area contributed by atoms with E-state index in [1.54, 1.807) is 0 Å². The number of likely N-dealkylation sites (tertiary alicyclic amines) is 2. The number of hydrogen-bond donors (Lipinski definition) is 0. The van der Waals surface area contributed by atoms with Gasteiger partial charge in [-0.1, -0.05) is 26.7 Å². The summed E-state index contributed by atoms with van der Waals surface area (Å²) in [7, 11) is 2.13. The Kier molecular flexibility index (Phi) is 6.49. The van der Waals surface area contributed by atoms with Gasteiger partial charge in [-0.3, -0.25) is 9.69 Å². The van der Waals surface area contributed by atoms with Gasteiger partial charge in [-0.05, 0) is 52.4 Å². The molecule has 0 aromatic carbocycles. The Balaban J connectivity index is 1.99. The van der Waals surface area contributed by atoms with E-state index in [4.69, 9.17) is 0 Å². The number of hydrogen-bond acceptors (Lipinski definition) is 3. The fraction of sp³-hybridized carbons (Fsp3) is 0.941. The van der Waals surface area contributed by atoms with E-state index in [0.717, 1.165) is 39.1 Å². The van der Waals surface area contributed by atoms with Gasteiger partial charge < -0.3 is 9.80 Å². The van der Waals surface area contributed by atoms with Gasteiger partial charge >= 0.3 is 0 Å². The Morgan fingerprint density at radius 3 is 2.52 bits per heavy atom. The van der Waals surface area contributed by atoms with E-state index in [0.29, 0.717) is 11.9 Å². The van der Waals surface area contributed by atoms with Gasteiger partial charge in [0, 0.05) is 19.1 Å². The van der Waals surface area contributed by atoms with Crippen molar-refractivity contribution in [1.82, 2.24) is 14.7 Å². The molecule has 0 aromatic heterocycles. The standard InChI is InChI=1S/C17H33N3O/c1-4-19(5-2)14-15-10-9-13-20(15)17(21)16-11-7-6-8-12-18(16)3/h15-16H,4-14H2,1-3H3/t15-,16+/m0/s1. The summed E-state index contributed by atoms with van der Waals surface area (Å²) >= 11 is 0. The maximum absolute atomic E-state index is 13.0. The Hall–Kier alpha value is -0.610. The molecule has 2 aliphatic rings. The number of amides is 1. The van der Waals surface area contributed by atoms with Crippen LogP contribution in [-0.2, 0) is 4.79 Å². The van der Waals surface area contributed by atoms with Crippen LogP contribution in [0.2, 0.25) is 0 Å². The summed E-state index contributed by atoms with van der Waals surface area (Å²) < 4.78 is 0. The first-order valence-electron chi connectivity index (χ1n) is 8.90. The predicted molar refractivity (Wildman–Crippen MR) is 87.4 cm³/mol. The van der Waals surface area contributed by atoms with Crippen LogP contribution in [0.1, 0.15) is 52.4 Å². The van der Waals surface area contributed by atoms with Crippen molar-refractivity contribution in [1.29, 1.82) is 0 Å². The largest absolute Gasteiger partial charge is 0.337 e. The first kappa shape index (κ1) is 16.8. The molecular formula is C17H33N3O. The summed E-state index contributed by atoms with van der Waals surface area (Å²) in [5, 5.41) is 0. The van der Waals surface area contributed by atoms with Gasteiger partial charge in [0.2, 0.25) is 5.91 Å². The third-order valence-corrected chi connectivity index (χ3v) is 5.33. The third-order valence-electron chi connectivity index (χ3n) is 5.33. The van der Waals surface area contributed by atoms with Crippen LogP contribution in [0.5, 0.6) is 0 Å². The van der Waals surface area contributed by atoms with E-state index in [1.165, 1.54) is 32.1 Å². The first-order valence-corrected chi connectivity index (χ1v) is 8.90. The lowest BCUT2D eigenvalue weighted by atomic mass is 10.1. The van der Waals surface area contributed by atoms with Gasteiger partial charge in [0.15, 0.2) is 0 Å². The van der Waals surface area contributed by atoms with E-state index in [2.05, 4.69) is 35.6 Å². The molecule has 0 aliphatic carbocycles. The lowest BCUT2D eigenvalue weighted by molar-refractivity contribution is -0.137. The Bertz CT molecular complexity index is 330. The molecule has 0 saturated carbocycles. The molecule has 1 amide bonds. The second kappa shape index (κ2) is 8.14. The smallest absolute Gasteiger partial charge is 0.240 e. The highest BCUT2D eigenvalue weighted by Crippen LogP contribution is 2.23. The molecule has 2 atom stereocenters. The number of nitrogens with zero attached hydrogens (tertiary/aromatic N) is 3. The maximum atomic E-state index is 13.0. The fourth-order valence-electron chi connectivity index (χ4n) is 3.85. The molecule has 0 spiro atoms. The van der Waals surface area contributed by atoms with E-state index in [9.17, 15) is 4.79 Å². The summed E-state index contributed by atoms with van der Waals surface area (Å²) in [6.45, 7) is 9.68. The van der Waals surface area contributed by atoms with Crippen LogP contribution in [0, 0.1) is 0 Å². The Morgan fingerprint density at radius 2 is 1.81 bits per heavy atom. The minimum atomic E-state index is 0.129. The Morgan fingerprint density at radius 1 is 1.05 bits per heavy atom. The van der Waals surface area contributed by atoms with Gasteiger partial charge in [-0.15, -0.1) is 0 Å². The topological polar surface area (TPSA) is 26.8 Å². The minimum absolute atomic E-state index is 0.129. The highest BCUT2D eigenvalue weighted by atomic mass is 16.2. The summed E-state index contributed by atoms with van der Waals surface area (Å²) in [6, 6.07) is 0.568. The molecule has 4 nitrogen and oxygen atoms in total. The highest BCUT2D eigenvalue weighted by Gasteiger charge is 2.35. The lowest BCUT2D eigenvalue weighted by Crippen LogP contribution is -2.51. The van der Waals surface area contributed by atoms with Crippen molar-refractivity contribution in [3.05, 3.63) is 0 Å². The zero-order chi connectivity index (χ0) is 15.2. The summed E-state index contributed by atoms with van der Waals surface area (Å²) in [6.07, 6.45) is 7.12. The third kappa shape index (κ3) is 4.19. The number of carbonyl (C=O) groups is 1. The summed E-state index contributed by atoms with van der Waals surface area (Å²) in [5.74, 6) is 0.397. The molecule has 4 heteroatoms. The first-order chi connectivity index (χ1) is 10.2. The molecule has 0 aromatic rings. The molecule has 2 fully saturated rings. The van der Waals surface area contributed by atoms with Gasteiger partial charge in [0.1, 0.15) is 0 Å². The lowest BCUT2D eigenvalue weighted by Gasteiger charge is -2.34. The minimum Gasteiger partial charge on any atom is -0.337 e. The zero-order valence-corrected chi connectivity index (χ0v) is 14.2. The quantitative estimate of drug-likeness (QED) is 0.778. The predicted octanol–water partition coefficient (Wildman–Crippen LogP) is 2.19. The SMILES string of the molecule is CCN(CC)C[C@@H]1CCCN1C(=O)[C@H]1CCCCCN1C. The second-order valence-electron chi connectivity index (χ2n) is 6.66. The monoisotopic (exact) mass is 295 g/mol. The molecule has 0 bridgehead atoms. The van der Waals surface area contributed by atoms with Crippen LogP contribution in [0.15, 0.2) is 0 Å². The zero-order valence-electron chi connectivity index (χ0n) is 14.2. The molecule has 2 saturated heterocycles. The fourth-order valence-corrected chi connectivity index (χ4v) is 3.85. The van der Waals surface area contributed by atoms with Crippen LogP contribution in [0.3, 0.4) is 0 Å². The van der Waals surface area contributed by atoms with E-state index >= 15 is 0 Å². The molecule has 0 N–H and O–H groups in total. The van der Waals surface area contributed by atoms with Crippen LogP contribution in [0.4, 0.5) is 0 Å². The molecular weight excluding hydrogens is 262 g/mol. The average molecular weight is 295 g/mol. The molecule has 0 radical (unpaired) electrons. The van der Waals surface area contributed by atoms with E-state index in [1.807, 2.05) is 0 Å². The Labute approximate surface area is 130 Å². The molecule has 2 rings (SSSR count).